The lowest BCUT2D eigenvalue weighted by Crippen LogP contribution is -2.12. The summed E-state index contributed by atoms with van der Waals surface area (Å²) in [5.41, 5.74) is 0.362. The van der Waals surface area contributed by atoms with E-state index in [1.54, 1.807) is 0 Å². The first-order valence-electron chi connectivity index (χ1n) is 6.90. The lowest BCUT2D eigenvalue weighted by Gasteiger charge is -2.12. The summed E-state index contributed by atoms with van der Waals surface area (Å²) in [7, 11) is 0. The Morgan fingerprint density at radius 1 is 1.09 bits per heavy atom. The largest absolute Gasteiger partial charge is 0.489 e. The van der Waals surface area contributed by atoms with Crippen molar-refractivity contribution in [3.05, 3.63) is 52.6 Å². The quantitative estimate of drug-likeness (QED) is 0.898. The number of fused-ring (bicyclic) bond motifs is 1. The maximum Gasteiger partial charge on any atom is 0.255 e. The molecule has 2 aromatic rings. The molecule has 1 aliphatic heterocycles. The van der Waals surface area contributed by atoms with E-state index in [-0.39, 0.29) is 16.3 Å². The molecular weight excluding hydrogens is 328 g/mol. The molecule has 0 unspecified atom stereocenters. The maximum atomic E-state index is 13.2. The molecule has 0 bridgehead atoms. The van der Waals surface area contributed by atoms with Crippen LogP contribution in [0, 0.1) is 11.6 Å². The van der Waals surface area contributed by atoms with Crippen molar-refractivity contribution in [3.8, 4) is 11.5 Å². The number of rotatable bonds is 2. The number of hydrogen-bond donors (Lipinski definition) is 1. The molecule has 0 fully saturated rings. The molecule has 0 aliphatic carbocycles. The minimum Gasteiger partial charge on any atom is -0.489 e. The second-order valence-corrected chi connectivity index (χ2v) is 5.33. The summed E-state index contributed by atoms with van der Waals surface area (Å²) in [6.07, 6.45) is 0.710. The summed E-state index contributed by atoms with van der Waals surface area (Å²) in [4.78, 5) is 12.3. The Balaban J connectivity index is 1.86. The van der Waals surface area contributed by atoms with Gasteiger partial charge in [0.2, 0.25) is 0 Å². The molecule has 120 valence electrons. The highest BCUT2D eigenvalue weighted by atomic mass is 35.5. The molecule has 0 spiro atoms. The van der Waals surface area contributed by atoms with Crippen LogP contribution >= 0.6 is 11.6 Å². The highest BCUT2D eigenvalue weighted by molar-refractivity contribution is 6.32. The Kier molecular flexibility index (Phi) is 4.34. The average molecular weight is 340 g/mol. The van der Waals surface area contributed by atoms with E-state index >= 15 is 0 Å². The van der Waals surface area contributed by atoms with Crippen LogP contribution in [0.25, 0.3) is 0 Å². The maximum absolute atomic E-state index is 13.2. The molecule has 1 aliphatic rings. The fourth-order valence-electron chi connectivity index (χ4n) is 2.14. The van der Waals surface area contributed by atoms with Crippen LogP contribution in [0.2, 0.25) is 5.02 Å². The third kappa shape index (κ3) is 3.37. The summed E-state index contributed by atoms with van der Waals surface area (Å²) in [5, 5.41) is 2.73. The van der Waals surface area contributed by atoms with Crippen LogP contribution in [-0.4, -0.2) is 19.1 Å². The second-order valence-electron chi connectivity index (χ2n) is 4.92. The first kappa shape index (κ1) is 15.6. The van der Waals surface area contributed by atoms with E-state index in [4.69, 9.17) is 21.1 Å². The van der Waals surface area contributed by atoms with Gasteiger partial charge in [-0.2, -0.15) is 0 Å². The highest BCUT2D eigenvalue weighted by Crippen LogP contribution is 2.38. The van der Waals surface area contributed by atoms with Crippen LogP contribution in [0.1, 0.15) is 16.8 Å². The van der Waals surface area contributed by atoms with Crippen molar-refractivity contribution in [3.63, 3.8) is 0 Å². The van der Waals surface area contributed by atoms with Gasteiger partial charge in [-0.1, -0.05) is 11.6 Å². The molecule has 0 atom stereocenters. The van der Waals surface area contributed by atoms with Crippen molar-refractivity contribution in [2.45, 2.75) is 6.42 Å². The molecule has 1 heterocycles. The lowest BCUT2D eigenvalue weighted by atomic mass is 10.1. The van der Waals surface area contributed by atoms with Crippen molar-refractivity contribution < 1.29 is 23.0 Å². The molecule has 3 rings (SSSR count). The molecule has 2 aromatic carbocycles. The molecule has 1 N–H and O–H groups in total. The van der Waals surface area contributed by atoms with Gasteiger partial charge in [0.15, 0.2) is 23.1 Å². The Morgan fingerprint density at radius 2 is 1.87 bits per heavy atom. The normalized spacial score (nSPS) is 13.3. The number of halogens is 3. The zero-order valence-electron chi connectivity index (χ0n) is 11.9. The zero-order chi connectivity index (χ0) is 16.4. The molecule has 4 nitrogen and oxygen atoms in total. The lowest BCUT2D eigenvalue weighted by molar-refractivity contribution is 0.102. The summed E-state index contributed by atoms with van der Waals surface area (Å²) >= 11 is 6.12. The van der Waals surface area contributed by atoms with Gasteiger partial charge in [0, 0.05) is 23.7 Å². The fraction of sp³-hybridized carbons (Fsp3) is 0.188. The molecule has 23 heavy (non-hydrogen) atoms. The first-order valence-corrected chi connectivity index (χ1v) is 7.28. The predicted octanol–water partition coefficient (Wildman–Crippen LogP) is 4.03. The van der Waals surface area contributed by atoms with E-state index in [0.717, 1.165) is 12.1 Å². The second kappa shape index (κ2) is 6.42. The summed E-state index contributed by atoms with van der Waals surface area (Å²) in [6, 6.07) is 6.04. The fourth-order valence-corrected chi connectivity index (χ4v) is 2.40. The van der Waals surface area contributed by atoms with Gasteiger partial charge in [-0.3, -0.25) is 4.79 Å². The highest BCUT2D eigenvalue weighted by Gasteiger charge is 2.18. The van der Waals surface area contributed by atoms with Crippen LogP contribution < -0.4 is 14.8 Å². The van der Waals surface area contributed by atoms with Gasteiger partial charge in [0.05, 0.1) is 18.2 Å². The molecule has 7 heteroatoms. The summed E-state index contributed by atoms with van der Waals surface area (Å²) in [5.74, 6) is -1.77. The first-order chi connectivity index (χ1) is 11.0. The van der Waals surface area contributed by atoms with Gasteiger partial charge in [0.1, 0.15) is 0 Å². The predicted molar refractivity (Wildman–Crippen MR) is 81.4 cm³/mol. The topological polar surface area (TPSA) is 47.6 Å². The van der Waals surface area contributed by atoms with Gasteiger partial charge in [-0.15, -0.1) is 0 Å². The Morgan fingerprint density at radius 3 is 2.65 bits per heavy atom. The SMILES string of the molecule is O=C(Nc1ccc(F)c(F)c1)c1cc(Cl)c2c(c1)OCCCO2. The molecule has 0 saturated heterocycles. The van der Waals surface area contributed by atoms with E-state index in [1.165, 1.54) is 18.2 Å². The Bertz CT molecular complexity index is 767. The van der Waals surface area contributed by atoms with Gasteiger partial charge in [-0.25, -0.2) is 8.78 Å². The number of anilines is 1. The summed E-state index contributed by atoms with van der Waals surface area (Å²) in [6.45, 7) is 0.935. The monoisotopic (exact) mass is 339 g/mol. The van der Waals surface area contributed by atoms with Gasteiger partial charge < -0.3 is 14.8 Å². The molecule has 0 radical (unpaired) electrons. The number of ether oxygens (including phenoxy) is 2. The standard InChI is InChI=1S/C16H12ClF2NO3/c17-11-6-9(7-14-15(11)23-5-1-4-22-14)16(21)20-10-2-3-12(18)13(19)8-10/h2-3,6-8H,1,4-5H2,(H,20,21). The molecular formula is C16H12ClF2NO3. The Labute approximate surface area is 136 Å². The summed E-state index contributed by atoms with van der Waals surface area (Å²) < 4.78 is 37.1. The molecule has 0 saturated carbocycles. The minimum absolute atomic E-state index is 0.136. The van der Waals surface area contributed by atoms with Crippen molar-refractivity contribution in [1.29, 1.82) is 0 Å². The van der Waals surface area contributed by atoms with Crippen molar-refractivity contribution in [2.75, 3.05) is 18.5 Å². The number of benzene rings is 2. The van der Waals surface area contributed by atoms with Gasteiger partial charge in [-0.05, 0) is 24.3 Å². The zero-order valence-corrected chi connectivity index (χ0v) is 12.6. The third-order valence-electron chi connectivity index (χ3n) is 3.24. The van der Waals surface area contributed by atoms with Crippen LogP contribution in [0.5, 0.6) is 11.5 Å². The number of hydrogen-bond acceptors (Lipinski definition) is 3. The third-order valence-corrected chi connectivity index (χ3v) is 3.52. The number of carbonyl (C=O) groups excluding carboxylic acids is 1. The van der Waals surface area contributed by atoms with E-state index in [2.05, 4.69) is 5.32 Å². The van der Waals surface area contributed by atoms with Crippen molar-refractivity contribution in [1.82, 2.24) is 0 Å². The van der Waals surface area contributed by atoms with Crippen LogP contribution in [0.4, 0.5) is 14.5 Å². The van der Waals surface area contributed by atoms with Crippen molar-refractivity contribution in [2.24, 2.45) is 0 Å². The van der Waals surface area contributed by atoms with E-state index < -0.39 is 17.5 Å². The van der Waals surface area contributed by atoms with Crippen LogP contribution in [-0.2, 0) is 0 Å². The molecule has 1 amide bonds. The van der Waals surface area contributed by atoms with Crippen LogP contribution in [0.15, 0.2) is 30.3 Å². The van der Waals surface area contributed by atoms with E-state index in [1.807, 2.05) is 0 Å². The van der Waals surface area contributed by atoms with E-state index in [0.29, 0.717) is 31.1 Å². The Hall–Kier alpha value is -2.34. The number of nitrogens with one attached hydrogen (secondary N) is 1. The van der Waals surface area contributed by atoms with E-state index in [9.17, 15) is 13.6 Å². The average Bonchev–Trinajstić information content (AvgIpc) is 2.76. The number of carbonyl (C=O) groups is 1. The smallest absolute Gasteiger partial charge is 0.255 e. The number of amides is 1. The van der Waals surface area contributed by atoms with Gasteiger partial charge >= 0.3 is 0 Å². The van der Waals surface area contributed by atoms with Crippen molar-refractivity contribution >= 4 is 23.2 Å². The molecule has 0 aromatic heterocycles. The van der Waals surface area contributed by atoms with Gasteiger partial charge in [0.25, 0.3) is 5.91 Å². The minimum atomic E-state index is -1.04. The van der Waals surface area contributed by atoms with Crippen LogP contribution in [0.3, 0.4) is 0 Å².